The summed E-state index contributed by atoms with van der Waals surface area (Å²) in [7, 11) is 1.71. The standard InChI is InChI=1S/C20H35NO2/c1-4-6-8-10-15-21-17-18-13-12-14-19(22-3)20(18)23-16-11-9-7-5-2/h12-14,21H,4-11,15-17H2,1-3H3. The summed E-state index contributed by atoms with van der Waals surface area (Å²) < 4.78 is 11.5. The van der Waals surface area contributed by atoms with Gasteiger partial charge in [-0.15, -0.1) is 0 Å². The van der Waals surface area contributed by atoms with Crippen molar-refractivity contribution in [2.24, 2.45) is 0 Å². The maximum Gasteiger partial charge on any atom is 0.165 e. The molecule has 3 nitrogen and oxygen atoms in total. The van der Waals surface area contributed by atoms with Gasteiger partial charge < -0.3 is 14.8 Å². The number of rotatable bonds is 14. The molecule has 0 unspecified atom stereocenters. The zero-order valence-corrected chi connectivity index (χ0v) is 15.3. The van der Waals surface area contributed by atoms with Crippen LogP contribution in [0.4, 0.5) is 0 Å². The van der Waals surface area contributed by atoms with Crippen LogP contribution in [0.15, 0.2) is 18.2 Å². The van der Waals surface area contributed by atoms with E-state index in [0.717, 1.165) is 37.6 Å². The number of unbranched alkanes of at least 4 members (excludes halogenated alkanes) is 6. The van der Waals surface area contributed by atoms with Gasteiger partial charge in [-0.3, -0.25) is 0 Å². The Morgan fingerprint density at radius 1 is 0.913 bits per heavy atom. The molecule has 0 bridgehead atoms. The first-order valence-electron chi connectivity index (χ1n) is 9.32. The average Bonchev–Trinajstić information content (AvgIpc) is 2.58. The van der Waals surface area contributed by atoms with Gasteiger partial charge in [0, 0.05) is 12.1 Å². The third kappa shape index (κ3) is 8.26. The zero-order chi connectivity index (χ0) is 16.8. The second-order valence-electron chi connectivity index (χ2n) is 6.10. The topological polar surface area (TPSA) is 30.5 Å². The van der Waals surface area contributed by atoms with Crippen molar-refractivity contribution in [3.63, 3.8) is 0 Å². The molecule has 3 heteroatoms. The highest BCUT2D eigenvalue weighted by Crippen LogP contribution is 2.31. The van der Waals surface area contributed by atoms with Crippen LogP contribution in [0.2, 0.25) is 0 Å². The maximum atomic E-state index is 6.04. The molecule has 23 heavy (non-hydrogen) atoms. The summed E-state index contributed by atoms with van der Waals surface area (Å²) in [5.41, 5.74) is 1.19. The third-order valence-electron chi connectivity index (χ3n) is 4.05. The van der Waals surface area contributed by atoms with Gasteiger partial charge in [-0.05, 0) is 25.5 Å². The van der Waals surface area contributed by atoms with Crippen molar-refractivity contribution in [2.75, 3.05) is 20.3 Å². The molecule has 0 aliphatic carbocycles. The molecule has 0 heterocycles. The monoisotopic (exact) mass is 321 g/mol. The summed E-state index contributed by atoms with van der Waals surface area (Å²) in [5.74, 6) is 1.75. The van der Waals surface area contributed by atoms with E-state index in [4.69, 9.17) is 9.47 Å². The second-order valence-corrected chi connectivity index (χ2v) is 6.10. The molecule has 0 aromatic heterocycles. The Labute approximate surface area is 142 Å². The summed E-state index contributed by atoms with van der Waals surface area (Å²) >= 11 is 0. The van der Waals surface area contributed by atoms with Crippen molar-refractivity contribution in [1.82, 2.24) is 5.32 Å². The quantitative estimate of drug-likeness (QED) is 0.470. The van der Waals surface area contributed by atoms with Crippen LogP contribution in [0.3, 0.4) is 0 Å². The van der Waals surface area contributed by atoms with Crippen LogP contribution in [0.1, 0.15) is 70.8 Å². The minimum absolute atomic E-state index is 0.768. The van der Waals surface area contributed by atoms with E-state index in [1.165, 1.54) is 50.5 Å². The molecule has 0 saturated carbocycles. The van der Waals surface area contributed by atoms with E-state index in [0.29, 0.717) is 0 Å². The van der Waals surface area contributed by atoms with Gasteiger partial charge in [-0.25, -0.2) is 0 Å². The van der Waals surface area contributed by atoms with E-state index in [9.17, 15) is 0 Å². The van der Waals surface area contributed by atoms with E-state index in [1.807, 2.05) is 12.1 Å². The molecule has 0 saturated heterocycles. The minimum atomic E-state index is 0.768. The Kier molecular flexibility index (Phi) is 11.4. The molecule has 1 aromatic rings. The smallest absolute Gasteiger partial charge is 0.165 e. The predicted octanol–water partition coefficient (Wildman–Crippen LogP) is 5.32. The van der Waals surface area contributed by atoms with Gasteiger partial charge in [0.05, 0.1) is 13.7 Å². The summed E-state index contributed by atoms with van der Waals surface area (Å²) in [4.78, 5) is 0. The lowest BCUT2D eigenvalue weighted by Gasteiger charge is -2.15. The van der Waals surface area contributed by atoms with Gasteiger partial charge in [0.1, 0.15) is 0 Å². The fourth-order valence-electron chi connectivity index (χ4n) is 2.63. The molecule has 0 fully saturated rings. The highest BCUT2D eigenvalue weighted by atomic mass is 16.5. The molecule has 0 aliphatic heterocycles. The number of hydrogen-bond acceptors (Lipinski definition) is 3. The van der Waals surface area contributed by atoms with E-state index in [1.54, 1.807) is 7.11 Å². The summed E-state index contributed by atoms with van der Waals surface area (Å²) in [6.45, 7) is 7.14. The van der Waals surface area contributed by atoms with Crippen LogP contribution in [0.5, 0.6) is 11.5 Å². The van der Waals surface area contributed by atoms with Crippen LogP contribution in [0, 0.1) is 0 Å². The second kappa shape index (κ2) is 13.2. The van der Waals surface area contributed by atoms with E-state index >= 15 is 0 Å². The summed E-state index contributed by atoms with van der Waals surface area (Å²) in [6.07, 6.45) is 10.0. The van der Waals surface area contributed by atoms with E-state index in [-0.39, 0.29) is 0 Å². The molecule has 132 valence electrons. The van der Waals surface area contributed by atoms with E-state index in [2.05, 4.69) is 25.2 Å². The normalized spacial score (nSPS) is 10.7. The van der Waals surface area contributed by atoms with Gasteiger partial charge in [-0.2, -0.15) is 0 Å². The van der Waals surface area contributed by atoms with Crippen molar-refractivity contribution in [1.29, 1.82) is 0 Å². The van der Waals surface area contributed by atoms with Crippen molar-refractivity contribution < 1.29 is 9.47 Å². The Morgan fingerprint density at radius 2 is 1.65 bits per heavy atom. The minimum Gasteiger partial charge on any atom is -0.493 e. The Bertz CT molecular complexity index is 407. The van der Waals surface area contributed by atoms with Crippen molar-refractivity contribution >= 4 is 0 Å². The van der Waals surface area contributed by atoms with Crippen molar-refractivity contribution in [2.45, 2.75) is 71.8 Å². The Morgan fingerprint density at radius 3 is 2.35 bits per heavy atom. The number of hydrogen-bond donors (Lipinski definition) is 1. The zero-order valence-electron chi connectivity index (χ0n) is 15.3. The molecule has 0 aliphatic rings. The molecule has 1 N–H and O–H groups in total. The number of methoxy groups -OCH3 is 1. The molecule has 0 atom stereocenters. The van der Waals surface area contributed by atoms with Crippen LogP contribution in [-0.4, -0.2) is 20.3 Å². The molecule has 1 rings (SSSR count). The first-order valence-corrected chi connectivity index (χ1v) is 9.32. The molecule has 0 amide bonds. The van der Waals surface area contributed by atoms with Gasteiger partial charge in [0.25, 0.3) is 0 Å². The summed E-state index contributed by atoms with van der Waals surface area (Å²) in [6, 6.07) is 6.14. The lowest BCUT2D eigenvalue weighted by Crippen LogP contribution is -2.16. The lowest BCUT2D eigenvalue weighted by molar-refractivity contribution is 0.281. The average molecular weight is 322 g/mol. The molecule has 0 spiro atoms. The maximum absolute atomic E-state index is 6.04. The fourth-order valence-corrected chi connectivity index (χ4v) is 2.63. The van der Waals surface area contributed by atoms with Gasteiger partial charge in [-0.1, -0.05) is 64.5 Å². The Balaban J connectivity index is 2.46. The molecular weight excluding hydrogens is 286 g/mol. The molecule has 1 aromatic carbocycles. The van der Waals surface area contributed by atoms with Crippen molar-refractivity contribution in [3.05, 3.63) is 23.8 Å². The van der Waals surface area contributed by atoms with Crippen LogP contribution >= 0.6 is 0 Å². The van der Waals surface area contributed by atoms with E-state index < -0.39 is 0 Å². The van der Waals surface area contributed by atoms with Crippen molar-refractivity contribution in [3.8, 4) is 11.5 Å². The lowest BCUT2D eigenvalue weighted by atomic mass is 10.1. The number of nitrogens with one attached hydrogen (secondary N) is 1. The molecular formula is C20H35NO2. The molecule has 0 radical (unpaired) electrons. The highest BCUT2D eigenvalue weighted by Gasteiger charge is 2.10. The Hall–Kier alpha value is -1.22. The SMILES string of the molecule is CCCCCCNCc1cccc(OC)c1OCCCCCC. The first kappa shape index (κ1) is 19.8. The number of para-hydroxylation sites is 1. The number of benzene rings is 1. The van der Waals surface area contributed by atoms with Crippen LogP contribution < -0.4 is 14.8 Å². The summed E-state index contributed by atoms with van der Waals surface area (Å²) in [5, 5.41) is 3.53. The highest BCUT2D eigenvalue weighted by molar-refractivity contribution is 5.46. The van der Waals surface area contributed by atoms with Crippen LogP contribution in [0.25, 0.3) is 0 Å². The largest absolute Gasteiger partial charge is 0.493 e. The van der Waals surface area contributed by atoms with Crippen LogP contribution in [-0.2, 0) is 6.54 Å². The number of ether oxygens (including phenoxy) is 2. The van der Waals surface area contributed by atoms with Gasteiger partial charge >= 0.3 is 0 Å². The predicted molar refractivity (Wildman–Crippen MR) is 98.5 cm³/mol. The fraction of sp³-hybridized carbons (Fsp3) is 0.700. The van der Waals surface area contributed by atoms with Gasteiger partial charge in [0.15, 0.2) is 11.5 Å². The first-order chi connectivity index (χ1) is 11.3. The third-order valence-corrected chi connectivity index (χ3v) is 4.05. The van der Waals surface area contributed by atoms with Gasteiger partial charge in [0.2, 0.25) is 0 Å².